The van der Waals surface area contributed by atoms with E-state index in [9.17, 15) is 0 Å². The number of para-hydroxylation sites is 3. The minimum absolute atomic E-state index is 0.0695. The van der Waals surface area contributed by atoms with Crippen molar-refractivity contribution in [3.8, 4) is 33.5 Å². The van der Waals surface area contributed by atoms with E-state index in [1.54, 1.807) is 0 Å². The molecule has 0 spiro atoms. The normalized spacial score (nSPS) is 12.6. The van der Waals surface area contributed by atoms with E-state index in [0.29, 0.717) is 0 Å². The Balaban J connectivity index is 1.35. The maximum absolute atomic E-state index is 5.51. The summed E-state index contributed by atoms with van der Waals surface area (Å²) in [4.78, 5) is 15.6. The molecule has 0 bridgehead atoms. The molecule has 244 valence electrons. The molecule has 0 saturated heterocycles. The molecule has 5 nitrogen and oxygen atoms in total. The maximum atomic E-state index is 5.51. The molecule has 50 heavy (non-hydrogen) atoms. The molecule has 0 saturated carbocycles. The largest absolute Gasteiger partial charge is 0.277 e. The first kappa shape index (κ1) is 30.5. The molecule has 4 aromatic heterocycles. The molecule has 0 radical (unpaired) electrons. The highest BCUT2D eigenvalue weighted by Gasteiger charge is 2.23. The fourth-order valence-corrected chi connectivity index (χ4v) is 8.40. The van der Waals surface area contributed by atoms with Crippen molar-refractivity contribution >= 4 is 57.7 Å². The summed E-state index contributed by atoms with van der Waals surface area (Å²) in [6.45, 7) is 14.0. The van der Waals surface area contributed by atoms with Crippen LogP contribution < -0.4 is 5.19 Å². The molecule has 0 fully saturated rings. The van der Waals surface area contributed by atoms with Crippen molar-refractivity contribution in [3.63, 3.8) is 0 Å². The van der Waals surface area contributed by atoms with Gasteiger partial charge < -0.3 is 0 Å². The minimum atomic E-state index is -1.60. The molecule has 5 aromatic carbocycles. The first-order valence-corrected chi connectivity index (χ1v) is 20.9. The lowest BCUT2D eigenvalue weighted by atomic mass is 9.83. The summed E-state index contributed by atoms with van der Waals surface area (Å²) >= 11 is 0. The molecule has 0 N–H and O–H groups in total. The summed E-state index contributed by atoms with van der Waals surface area (Å²) < 4.78 is 4.60. The third-order valence-electron chi connectivity index (χ3n) is 10.0. The van der Waals surface area contributed by atoms with Gasteiger partial charge in [-0.2, -0.15) is 0 Å². The van der Waals surface area contributed by atoms with Gasteiger partial charge in [0, 0.05) is 22.7 Å². The van der Waals surface area contributed by atoms with Gasteiger partial charge in [-0.3, -0.25) is 13.8 Å². The monoisotopic (exact) mass is 665 g/mol. The van der Waals surface area contributed by atoms with E-state index in [2.05, 4.69) is 171 Å². The molecule has 0 unspecified atom stereocenters. The molecule has 9 rings (SSSR count). The quantitative estimate of drug-likeness (QED) is 0.176. The number of fused-ring (bicyclic) bond motifs is 10. The van der Waals surface area contributed by atoms with Crippen LogP contribution >= 0.6 is 0 Å². The average molecular weight is 666 g/mol. The molecular formula is C44H39N5Si. The van der Waals surface area contributed by atoms with E-state index in [1.807, 2.05) is 6.20 Å². The first-order chi connectivity index (χ1) is 24.0. The van der Waals surface area contributed by atoms with Gasteiger partial charge in [-0.15, -0.1) is 0 Å². The van der Waals surface area contributed by atoms with E-state index in [-0.39, 0.29) is 5.41 Å². The molecule has 6 heteroatoms. The van der Waals surface area contributed by atoms with Crippen molar-refractivity contribution in [2.75, 3.05) is 0 Å². The Morgan fingerprint density at radius 1 is 0.580 bits per heavy atom. The van der Waals surface area contributed by atoms with Gasteiger partial charge in [0.15, 0.2) is 0 Å². The number of rotatable bonds is 4. The molecule has 0 amide bonds. The summed E-state index contributed by atoms with van der Waals surface area (Å²) in [5.74, 6) is 0.876. The zero-order valence-corrected chi connectivity index (χ0v) is 30.4. The van der Waals surface area contributed by atoms with Crippen molar-refractivity contribution in [2.45, 2.75) is 45.8 Å². The predicted octanol–water partition coefficient (Wildman–Crippen LogP) is 10.7. The van der Waals surface area contributed by atoms with E-state index < -0.39 is 8.07 Å². The second kappa shape index (κ2) is 11.0. The lowest BCUT2D eigenvalue weighted by Crippen LogP contribution is -2.37. The highest BCUT2D eigenvalue weighted by Crippen LogP contribution is 2.38. The fourth-order valence-electron chi connectivity index (χ4n) is 7.25. The van der Waals surface area contributed by atoms with Crippen LogP contribution in [0.25, 0.3) is 77.9 Å². The first-order valence-electron chi connectivity index (χ1n) is 17.4. The SMILES string of the molecule is CC(C)(C)c1cc(-c2cc(-c3ccccc3)ccn2)cc(-c2cccc3c2nc2n3c3cc([Si](C)(C)C)ccc3c3nc4ccccc4n32)c1. The number of benzene rings is 5. The van der Waals surface area contributed by atoms with Gasteiger partial charge in [0.05, 0.1) is 41.4 Å². The van der Waals surface area contributed by atoms with Gasteiger partial charge in [-0.05, 0) is 82.3 Å². The zero-order chi connectivity index (χ0) is 34.4. The number of hydrogen-bond donors (Lipinski definition) is 0. The fraction of sp³-hybridized carbons (Fsp3) is 0.159. The zero-order valence-electron chi connectivity index (χ0n) is 29.4. The molecule has 9 aromatic rings. The van der Waals surface area contributed by atoms with Crippen LogP contribution in [0.5, 0.6) is 0 Å². The number of aromatic nitrogens is 5. The Kier molecular flexibility index (Phi) is 6.68. The summed E-state index contributed by atoms with van der Waals surface area (Å²) in [5.41, 5.74) is 14.0. The molecule has 0 aliphatic heterocycles. The summed E-state index contributed by atoms with van der Waals surface area (Å²) in [5, 5.41) is 2.54. The molecule has 0 aliphatic rings. The number of pyridine rings is 1. The second-order valence-electron chi connectivity index (χ2n) is 15.5. The topological polar surface area (TPSA) is 47.5 Å². The Bertz CT molecular complexity index is 2780. The van der Waals surface area contributed by atoms with Gasteiger partial charge in [0.2, 0.25) is 5.78 Å². The lowest BCUT2D eigenvalue weighted by Gasteiger charge is -2.22. The Labute approximate surface area is 292 Å². The third-order valence-corrected chi connectivity index (χ3v) is 12.1. The van der Waals surface area contributed by atoms with Gasteiger partial charge in [0.25, 0.3) is 0 Å². The van der Waals surface area contributed by atoms with Crippen LogP contribution in [0.1, 0.15) is 26.3 Å². The van der Waals surface area contributed by atoms with Crippen molar-refractivity contribution in [1.82, 2.24) is 23.8 Å². The molecular weight excluding hydrogens is 627 g/mol. The number of nitrogens with zero attached hydrogens (tertiary/aromatic N) is 5. The van der Waals surface area contributed by atoms with E-state index in [0.717, 1.165) is 72.3 Å². The average Bonchev–Trinajstić information content (AvgIpc) is 3.70. The lowest BCUT2D eigenvalue weighted by molar-refractivity contribution is 0.590. The van der Waals surface area contributed by atoms with Crippen LogP contribution in [0.15, 0.2) is 128 Å². The van der Waals surface area contributed by atoms with Gasteiger partial charge in [-0.1, -0.05) is 112 Å². The van der Waals surface area contributed by atoms with Crippen molar-refractivity contribution in [3.05, 3.63) is 133 Å². The Morgan fingerprint density at radius 2 is 1.34 bits per heavy atom. The van der Waals surface area contributed by atoms with Crippen LogP contribution in [-0.4, -0.2) is 31.8 Å². The van der Waals surface area contributed by atoms with Crippen molar-refractivity contribution < 1.29 is 0 Å². The second-order valence-corrected chi connectivity index (χ2v) is 20.6. The number of imidazole rings is 2. The Hall–Kier alpha value is -5.59. The highest BCUT2D eigenvalue weighted by atomic mass is 28.3. The van der Waals surface area contributed by atoms with Crippen molar-refractivity contribution in [2.24, 2.45) is 0 Å². The molecule has 0 aliphatic carbocycles. The van der Waals surface area contributed by atoms with Crippen LogP contribution in [0.2, 0.25) is 19.6 Å². The van der Waals surface area contributed by atoms with Crippen LogP contribution in [-0.2, 0) is 5.41 Å². The van der Waals surface area contributed by atoms with Gasteiger partial charge in [-0.25, -0.2) is 9.97 Å². The smallest absolute Gasteiger partial charge is 0.221 e. The van der Waals surface area contributed by atoms with E-state index in [1.165, 1.54) is 16.3 Å². The predicted molar refractivity (Wildman–Crippen MR) is 212 cm³/mol. The van der Waals surface area contributed by atoms with Crippen molar-refractivity contribution in [1.29, 1.82) is 0 Å². The standard InChI is InChI=1S/C44H39N5Si/c1-44(2,3)32-24-30(23-31(25-32)37-26-29(21-22-45-37)28-13-8-7-9-14-28)34-15-12-18-39-41(34)47-43-48(39)40-27-33(50(4,5)6)19-20-35(40)42-46-36-16-10-11-17-38(36)49(42)43/h7-27H,1-6H3. The number of hydrogen-bond acceptors (Lipinski definition) is 3. The summed E-state index contributed by atoms with van der Waals surface area (Å²) in [7, 11) is -1.60. The van der Waals surface area contributed by atoms with Gasteiger partial charge >= 0.3 is 0 Å². The van der Waals surface area contributed by atoms with Crippen LogP contribution in [0, 0.1) is 0 Å². The summed E-state index contributed by atoms with van der Waals surface area (Å²) in [6.07, 6.45) is 1.92. The molecule has 0 atom stereocenters. The Morgan fingerprint density at radius 3 is 2.14 bits per heavy atom. The third kappa shape index (κ3) is 4.85. The maximum Gasteiger partial charge on any atom is 0.221 e. The summed E-state index contributed by atoms with van der Waals surface area (Å²) in [6, 6.07) is 43.7. The van der Waals surface area contributed by atoms with Crippen LogP contribution in [0.4, 0.5) is 0 Å². The van der Waals surface area contributed by atoms with Crippen LogP contribution in [0.3, 0.4) is 0 Å². The van der Waals surface area contributed by atoms with Gasteiger partial charge in [0.1, 0.15) is 5.65 Å². The minimum Gasteiger partial charge on any atom is -0.277 e. The molecule has 4 heterocycles. The highest BCUT2D eigenvalue weighted by molar-refractivity contribution is 6.88. The van der Waals surface area contributed by atoms with E-state index >= 15 is 0 Å². The van der Waals surface area contributed by atoms with E-state index in [4.69, 9.17) is 15.0 Å².